The number of aryl methyl sites for hydroxylation is 1. The van der Waals surface area contributed by atoms with Crippen molar-refractivity contribution in [2.45, 2.75) is 81.6 Å². The number of piperazine rings is 1. The van der Waals surface area contributed by atoms with Gasteiger partial charge in [0.15, 0.2) is 0 Å². The molecule has 11 rings (SSSR count). The van der Waals surface area contributed by atoms with Crippen molar-refractivity contribution in [2.75, 3.05) is 116 Å². The van der Waals surface area contributed by atoms with E-state index in [2.05, 4.69) is 38.2 Å². The molecule has 0 aliphatic carbocycles. The van der Waals surface area contributed by atoms with Crippen LogP contribution in [0.3, 0.4) is 0 Å². The largest absolute Gasteiger partial charge is 0.508 e. The topological polar surface area (TPSA) is 249 Å². The number of benzene rings is 3. The average Bonchev–Trinajstić information content (AvgIpc) is 2.30. The van der Waals surface area contributed by atoms with Crippen molar-refractivity contribution in [3.05, 3.63) is 88.9 Å². The summed E-state index contributed by atoms with van der Waals surface area (Å²) in [5.74, 6) is 0.494. The number of nitrogens with zero attached hydrogens (tertiary/aromatic N) is 7. The molecule has 5 saturated heterocycles. The Balaban J connectivity index is 0.596. The number of rotatable bonds is 24. The predicted octanol–water partition coefficient (Wildman–Crippen LogP) is 5.11. The van der Waals surface area contributed by atoms with Crippen molar-refractivity contribution in [1.82, 2.24) is 40.3 Å². The molecular weight excluding hydrogens is 1080 g/mol. The van der Waals surface area contributed by atoms with Crippen molar-refractivity contribution in [2.24, 2.45) is 0 Å². The zero-order chi connectivity index (χ0) is 58.6. The van der Waals surface area contributed by atoms with Gasteiger partial charge in [-0.25, -0.2) is 9.18 Å². The molecule has 5 fully saturated rings. The molecule has 2 aromatic heterocycles. The van der Waals surface area contributed by atoms with Crippen LogP contribution >= 0.6 is 0 Å². The second kappa shape index (κ2) is 25.2. The summed E-state index contributed by atoms with van der Waals surface area (Å²) in [4.78, 5) is 85.3. The van der Waals surface area contributed by atoms with E-state index in [1.54, 1.807) is 49.6 Å². The molecule has 6 aliphatic rings. The van der Waals surface area contributed by atoms with Gasteiger partial charge in [-0.15, -0.1) is 6.42 Å². The number of hydrogen-bond acceptors (Lipinski definition) is 19. The lowest BCUT2D eigenvalue weighted by atomic mass is 9.94. The van der Waals surface area contributed by atoms with Crippen molar-refractivity contribution in [3.8, 4) is 35.4 Å². The summed E-state index contributed by atoms with van der Waals surface area (Å²) in [5.41, 5.74) is 4.10. The number of halogens is 1. The number of imide groups is 2. The number of carbonyl (C=O) groups is 5. The first-order chi connectivity index (χ1) is 40.7. The van der Waals surface area contributed by atoms with Gasteiger partial charge in [0.1, 0.15) is 36.6 Å². The van der Waals surface area contributed by atoms with Crippen LogP contribution in [0.5, 0.6) is 11.8 Å². The van der Waals surface area contributed by atoms with Gasteiger partial charge in [0.05, 0.1) is 91.7 Å². The monoisotopic (exact) mass is 1150 g/mol. The minimum atomic E-state index is -1.02. The molecule has 5 atom stereocenters. The Morgan fingerprint density at radius 2 is 1.64 bits per heavy atom. The molecule has 3 unspecified atom stereocenters. The number of carbonyl (C=O) groups excluding carboxylic acids is 5. The molecule has 22 nitrogen and oxygen atoms in total. The maximum absolute atomic E-state index is 15.2. The van der Waals surface area contributed by atoms with Crippen molar-refractivity contribution >= 4 is 62.9 Å². The average molecular weight is 1150 g/mol. The number of aromatic hydroxyl groups is 1. The van der Waals surface area contributed by atoms with E-state index in [0.717, 1.165) is 60.4 Å². The zero-order valence-corrected chi connectivity index (χ0v) is 47.2. The van der Waals surface area contributed by atoms with Gasteiger partial charge in [0.25, 0.3) is 11.8 Å². The summed E-state index contributed by atoms with van der Waals surface area (Å²) in [6, 6.07) is 10.6. The number of nitrogens with one attached hydrogen (secondary N) is 3. The molecule has 8 heterocycles. The molecule has 5 aromatic rings. The number of fused-ring (bicyclic) bond motifs is 6. The third kappa shape index (κ3) is 12.1. The van der Waals surface area contributed by atoms with Crippen LogP contribution < -0.4 is 25.6 Å². The molecule has 84 heavy (non-hydrogen) atoms. The number of piperidine rings is 1. The summed E-state index contributed by atoms with van der Waals surface area (Å²) in [6.07, 6.45) is 11.8. The minimum Gasteiger partial charge on any atom is -0.508 e. The molecule has 0 radical (unpaired) electrons. The Bertz CT molecular complexity index is 3440. The minimum absolute atomic E-state index is 0.00592. The first-order valence-corrected chi connectivity index (χ1v) is 28.6. The molecule has 0 saturated carbocycles. The molecule has 3 aromatic carbocycles. The lowest BCUT2D eigenvalue weighted by molar-refractivity contribution is -0.136. The van der Waals surface area contributed by atoms with E-state index in [1.165, 1.54) is 11.0 Å². The fraction of sp³-hybridized carbons (Fsp3) is 0.475. The highest BCUT2D eigenvalue weighted by Gasteiger charge is 2.52. The van der Waals surface area contributed by atoms with Crippen LogP contribution in [-0.4, -0.2) is 200 Å². The van der Waals surface area contributed by atoms with Crippen molar-refractivity contribution in [1.29, 1.82) is 0 Å². The number of anilines is 2. The fourth-order valence-corrected chi connectivity index (χ4v) is 12.6. The van der Waals surface area contributed by atoms with E-state index >= 15 is 4.39 Å². The highest BCUT2D eigenvalue weighted by Crippen LogP contribution is 2.45. The quantitative estimate of drug-likeness (QED) is 0.0271. The van der Waals surface area contributed by atoms with Crippen molar-refractivity contribution in [3.63, 3.8) is 0 Å². The van der Waals surface area contributed by atoms with E-state index in [1.807, 2.05) is 6.92 Å². The summed E-state index contributed by atoms with van der Waals surface area (Å²) in [5, 5.41) is 21.7. The standard InChI is InChI=1S/C61H69FN10O12/c1-5-44-49(62)11-6-38-26-43(73)28-47(52(38)44)53-37(3)54-48(30-64-53)55(70-32-40-7-8-41(33-70)65-40)68-59(67-54)84-35-61-15-14-42(71(61)31-36(2)29-61)34-83-60(78)69(4)17-19-80-21-23-82-25-24-81-22-20-79-18-16-63-39-9-10-45-46(27-39)58(77)72(57(45)76)50-12-13-51(74)66-56(50)75/h1,6,9-11,26-28,30,40-42,50,63,65,73H,2,7-8,12-25,29,31-35H2,3-4H3,(H,66,74,75)/t40?,41?,42-,50?,61-/m0/s1. The van der Waals surface area contributed by atoms with E-state index in [4.69, 9.17) is 49.8 Å². The summed E-state index contributed by atoms with van der Waals surface area (Å²) in [7, 11) is 1.68. The van der Waals surface area contributed by atoms with Gasteiger partial charge in [-0.2, -0.15) is 9.97 Å². The fourth-order valence-electron chi connectivity index (χ4n) is 12.6. The Hall–Kier alpha value is -7.85. The molecule has 23 heteroatoms. The first kappa shape index (κ1) is 57.9. The number of hydrogen-bond donors (Lipinski definition) is 4. The summed E-state index contributed by atoms with van der Waals surface area (Å²) >= 11 is 0. The number of phenolic OH excluding ortho intramolecular Hbond substituents is 1. The molecule has 2 bridgehead atoms. The zero-order valence-electron chi connectivity index (χ0n) is 47.2. The van der Waals surface area contributed by atoms with Gasteiger partial charge in [-0.3, -0.25) is 39.3 Å². The molecule has 5 amide bonds. The highest BCUT2D eigenvalue weighted by molar-refractivity contribution is 6.23. The lowest BCUT2D eigenvalue weighted by Crippen LogP contribution is -2.54. The molecule has 0 spiro atoms. The molecule has 6 aliphatic heterocycles. The van der Waals surface area contributed by atoms with Crippen LogP contribution in [0.15, 0.2) is 60.8 Å². The number of ether oxygens (including phenoxy) is 6. The normalized spacial score (nSPS) is 22.0. The number of phenols is 1. The number of aromatic nitrogens is 3. The smallest absolute Gasteiger partial charge is 0.409 e. The molecular formula is C61H69FN10O12. The number of pyridine rings is 1. The van der Waals surface area contributed by atoms with Gasteiger partial charge < -0.3 is 54.0 Å². The van der Waals surface area contributed by atoms with Crippen LogP contribution in [0, 0.1) is 25.1 Å². The third-order valence-corrected chi connectivity index (χ3v) is 16.8. The highest BCUT2D eigenvalue weighted by atomic mass is 19.1. The first-order valence-electron chi connectivity index (χ1n) is 28.6. The summed E-state index contributed by atoms with van der Waals surface area (Å²) in [6.45, 7) is 12.5. The van der Waals surface area contributed by atoms with Crippen LogP contribution in [0.2, 0.25) is 0 Å². The number of amides is 5. The third-order valence-electron chi connectivity index (χ3n) is 16.8. The van der Waals surface area contributed by atoms with Crippen LogP contribution in [-0.2, 0) is 33.3 Å². The summed E-state index contributed by atoms with van der Waals surface area (Å²) < 4.78 is 50.4. The number of terminal acetylenes is 1. The molecule has 442 valence electrons. The van der Waals surface area contributed by atoms with Gasteiger partial charge in [-0.05, 0) is 87.2 Å². The van der Waals surface area contributed by atoms with Crippen molar-refractivity contribution < 1.29 is 61.9 Å². The van der Waals surface area contributed by atoms with E-state index in [0.29, 0.717) is 130 Å². The van der Waals surface area contributed by atoms with Gasteiger partial charge in [-0.1, -0.05) is 24.1 Å². The Morgan fingerprint density at radius 3 is 2.38 bits per heavy atom. The lowest BCUT2D eigenvalue weighted by Gasteiger charge is -2.35. The van der Waals surface area contributed by atoms with E-state index in [9.17, 15) is 29.1 Å². The second-order valence-corrected chi connectivity index (χ2v) is 22.4. The number of likely N-dealkylation sites (N-methyl/N-ethyl adjacent to an activating group) is 1. The van der Waals surface area contributed by atoms with Gasteiger partial charge in [0.2, 0.25) is 11.8 Å². The second-order valence-electron chi connectivity index (χ2n) is 22.4. The maximum atomic E-state index is 15.2. The van der Waals surface area contributed by atoms with Crippen LogP contribution in [0.25, 0.3) is 32.9 Å². The van der Waals surface area contributed by atoms with Gasteiger partial charge in [0, 0.05) is 92.7 Å². The predicted molar refractivity (Wildman–Crippen MR) is 307 cm³/mol. The van der Waals surface area contributed by atoms with Crippen LogP contribution in [0.4, 0.5) is 20.7 Å². The molecule has 4 N–H and O–H groups in total. The Labute approximate surface area is 485 Å². The Kier molecular flexibility index (Phi) is 17.4. The van der Waals surface area contributed by atoms with E-state index < -0.39 is 47.1 Å². The Morgan fingerprint density at radius 1 is 0.917 bits per heavy atom. The van der Waals surface area contributed by atoms with Crippen LogP contribution in [0.1, 0.15) is 76.8 Å². The maximum Gasteiger partial charge on any atom is 0.409 e. The van der Waals surface area contributed by atoms with Gasteiger partial charge >= 0.3 is 12.1 Å². The van der Waals surface area contributed by atoms with E-state index in [-0.39, 0.29) is 60.5 Å². The SMILES string of the molecule is C#Cc1c(F)ccc2cc(O)cc(-c3ncc4c(N5CC6CCC(C5)N6)nc(OC[C@@]56CC[C@@H](COC(=O)N(C)CCOCCOCCOCCOCCNc7ccc8c(c7)C(=O)N(C7CCC(=O)NC7=O)C8=O)N5CC(=C)C6)nc4c3C)c12.